The number of thioether (sulfide) groups is 1. The smallest absolute Gasteiger partial charge is 0.353 e. The SMILES string of the molecule is O=C(O)C1=CSC2C(=Cc3ccc4sc5nccn5c4c3)C(=O)N12. The molecule has 4 heterocycles. The first-order valence-corrected chi connectivity index (χ1v) is 8.89. The van der Waals surface area contributed by atoms with Crippen LogP contribution in [-0.4, -0.2) is 36.6 Å². The van der Waals surface area contributed by atoms with Gasteiger partial charge in [-0.25, -0.2) is 9.78 Å². The molecule has 2 aliphatic rings. The highest BCUT2D eigenvalue weighted by molar-refractivity contribution is 8.03. The number of imidazole rings is 1. The number of fused-ring (bicyclic) bond motifs is 4. The summed E-state index contributed by atoms with van der Waals surface area (Å²) in [5.74, 6) is -1.31. The molecule has 2 aliphatic heterocycles. The molecule has 8 heteroatoms. The number of rotatable bonds is 2. The van der Waals surface area contributed by atoms with E-state index in [4.69, 9.17) is 5.11 Å². The van der Waals surface area contributed by atoms with E-state index in [9.17, 15) is 9.59 Å². The number of amides is 1. The average molecular weight is 355 g/mol. The highest BCUT2D eigenvalue weighted by Crippen LogP contribution is 2.45. The Hall–Kier alpha value is -2.58. The van der Waals surface area contributed by atoms with Gasteiger partial charge in [-0.05, 0) is 23.8 Å². The Balaban J connectivity index is 1.54. The van der Waals surface area contributed by atoms with Crippen LogP contribution >= 0.6 is 23.1 Å². The Kier molecular flexibility index (Phi) is 2.71. The van der Waals surface area contributed by atoms with Crippen molar-refractivity contribution in [2.45, 2.75) is 5.37 Å². The number of carbonyl (C=O) groups excluding carboxylic acids is 1. The van der Waals surface area contributed by atoms with Crippen molar-refractivity contribution in [3.05, 3.63) is 52.8 Å². The van der Waals surface area contributed by atoms with Crippen molar-refractivity contribution in [3.63, 3.8) is 0 Å². The minimum Gasteiger partial charge on any atom is -0.477 e. The molecule has 1 atom stereocenters. The quantitative estimate of drug-likeness (QED) is 0.565. The van der Waals surface area contributed by atoms with Crippen LogP contribution in [-0.2, 0) is 9.59 Å². The summed E-state index contributed by atoms with van der Waals surface area (Å²) >= 11 is 2.96. The number of hydrogen-bond acceptors (Lipinski definition) is 5. The lowest BCUT2D eigenvalue weighted by Gasteiger charge is -2.37. The highest BCUT2D eigenvalue weighted by atomic mass is 32.2. The third kappa shape index (κ3) is 1.75. The van der Waals surface area contributed by atoms with E-state index < -0.39 is 5.97 Å². The minimum absolute atomic E-state index is 0.0561. The summed E-state index contributed by atoms with van der Waals surface area (Å²) in [6.07, 6.45) is 5.52. The predicted molar refractivity (Wildman–Crippen MR) is 92.5 cm³/mol. The van der Waals surface area contributed by atoms with Crippen molar-refractivity contribution in [1.82, 2.24) is 14.3 Å². The van der Waals surface area contributed by atoms with Crippen LogP contribution in [0, 0.1) is 0 Å². The summed E-state index contributed by atoms with van der Waals surface area (Å²) in [4.78, 5) is 29.9. The first-order chi connectivity index (χ1) is 11.6. The van der Waals surface area contributed by atoms with Crippen LogP contribution in [0.4, 0.5) is 0 Å². The zero-order valence-corrected chi connectivity index (χ0v) is 13.7. The van der Waals surface area contributed by atoms with E-state index in [2.05, 4.69) is 4.98 Å². The second-order valence-corrected chi connectivity index (χ2v) is 7.44. The lowest BCUT2D eigenvalue weighted by molar-refractivity contribution is -0.141. The molecule has 1 N–H and O–H groups in total. The summed E-state index contributed by atoms with van der Waals surface area (Å²) in [6, 6.07) is 6.01. The molecule has 118 valence electrons. The van der Waals surface area contributed by atoms with E-state index in [0.29, 0.717) is 5.57 Å². The number of hydrogen-bond donors (Lipinski definition) is 1. The van der Waals surface area contributed by atoms with Gasteiger partial charge in [0.1, 0.15) is 11.1 Å². The number of thiazole rings is 1. The number of β-lactam (4-membered cyclic amide) rings is 1. The summed E-state index contributed by atoms with van der Waals surface area (Å²) in [6.45, 7) is 0. The number of aromatic nitrogens is 2. The topological polar surface area (TPSA) is 74.9 Å². The molecule has 0 radical (unpaired) electrons. The molecule has 0 aliphatic carbocycles. The third-order valence-electron chi connectivity index (χ3n) is 4.13. The van der Waals surface area contributed by atoms with Gasteiger partial charge >= 0.3 is 5.97 Å². The lowest BCUT2D eigenvalue weighted by Crippen LogP contribution is -2.51. The molecular formula is C16H9N3O3S2. The fraction of sp³-hybridized carbons (Fsp3) is 0.0625. The van der Waals surface area contributed by atoms with Crippen molar-refractivity contribution in [3.8, 4) is 0 Å². The Morgan fingerprint density at radius 1 is 1.38 bits per heavy atom. The van der Waals surface area contributed by atoms with Crippen molar-refractivity contribution >= 4 is 56.2 Å². The van der Waals surface area contributed by atoms with E-state index in [1.54, 1.807) is 17.5 Å². The molecule has 6 nitrogen and oxygen atoms in total. The number of aliphatic carboxylic acids is 1. The van der Waals surface area contributed by atoms with Gasteiger partial charge in [0, 0.05) is 17.8 Å². The van der Waals surface area contributed by atoms with Crippen molar-refractivity contribution in [1.29, 1.82) is 0 Å². The number of carboxylic acids is 1. The molecular weight excluding hydrogens is 346 g/mol. The average Bonchev–Trinajstić information content (AvgIpc) is 3.24. The number of carbonyl (C=O) groups is 2. The fourth-order valence-corrected chi connectivity index (χ4v) is 5.08. The van der Waals surface area contributed by atoms with E-state index in [-0.39, 0.29) is 17.0 Å². The Morgan fingerprint density at radius 2 is 2.25 bits per heavy atom. The van der Waals surface area contributed by atoms with Gasteiger partial charge in [0.15, 0.2) is 4.96 Å². The highest BCUT2D eigenvalue weighted by Gasteiger charge is 2.49. The van der Waals surface area contributed by atoms with Gasteiger partial charge in [-0.15, -0.1) is 11.8 Å². The molecule has 1 fully saturated rings. The van der Waals surface area contributed by atoms with Crippen LogP contribution in [0.2, 0.25) is 0 Å². The van der Waals surface area contributed by atoms with E-state index >= 15 is 0 Å². The molecule has 24 heavy (non-hydrogen) atoms. The summed E-state index contributed by atoms with van der Waals surface area (Å²) < 4.78 is 3.15. The Bertz CT molecular complexity index is 1110. The fourth-order valence-electron chi connectivity index (χ4n) is 2.99. The van der Waals surface area contributed by atoms with E-state index in [1.807, 2.05) is 34.9 Å². The van der Waals surface area contributed by atoms with E-state index in [1.165, 1.54) is 22.1 Å². The normalized spacial score (nSPS) is 21.4. The van der Waals surface area contributed by atoms with E-state index in [0.717, 1.165) is 20.7 Å². The van der Waals surface area contributed by atoms with Crippen LogP contribution in [0.5, 0.6) is 0 Å². The van der Waals surface area contributed by atoms with Crippen LogP contribution in [0.15, 0.2) is 47.3 Å². The number of benzene rings is 1. The molecule has 3 aromatic rings. The second kappa shape index (κ2) is 4.71. The molecule has 1 unspecified atom stereocenters. The molecule has 1 saturated heterocycles. The summed E-state index contributed by atoms with van der Waals surface area (Å²) in [7, 11) is 0. The molecule has 5 rings (SSSR count). The predicted octanol–water partition coefficient (Wildman–Crippen LogP) is 2.77. The lowest BCUT2D eigenvalue weighted by atomic mass is 10.0. The largest absolute Gasteiger partial charge is 0.477 e. The van der Waals surface area contributed by atoms with Crippen molar-refractivity contribution in [2.24, 2.45) is 0 Å². The first kappa shape index (κ1) is 13.8. The van der Waals surface area contributed by atoms with Gasteiger partial charge in [0.2, 0.25) is 0 Å². The van der Waals surface area contributed by atoms with Crippen LogP contribution in [0.3, 0.4) is 0 Å². The summed E-state index contributed by atoms with van der Waals surface area (Å²) in [5.41, 5.74) is 2.65. The monoisotopic (exact) mass is 355 g/mol. The molecule has 0 spiro atoms. The second-order valence-electron chi connectivity index (χ2n) is 5.48. The van der Waals surface area contributed by atoms with Crippen LogP contribution in [0.1, 0.15) is 5.56 Å². The van der Waals surface area contributed by atoms with Gasteiger partial charge < -0.3 is 5.11 Å². The standard InChI is InChI=1S/C16H9N3O3S2/c20-13-9(14-19(13)11(7-23-14)15(21)22)5-8-1-2-12-10(6-8)18-4-3-17-16(18)24-12/h1-7,14H,(H,21,22). The van der Waals surface area contributed by atoms with Gasteiger partial charge in [-0.2, -0.15) is 0 Å². The zero-order valence-electron chi connectivity index (χ0n) is 12.0. The Morgan fingerprint density at radius 3 is 3.08 bits per heavy atom. The minimum atomic E-state index is -1.07. The zero-order chi connectivity index (χ0) is 16.4. The van der Waals surface area contributed by atoms with Crippen LogP contribution in [0.25, 0.3) is 21.3 Å². The maximum absolute atomic E-state index is 12.3. The molecule has 1 amide bonds. The van der Waals surface area contributed by atoms with Gasteiger partial charge in [-0.3, -0.25) is 14.1 Å². The first-order valence-electron chi connectivity index (χ1n) is 7.13. The maximum Gasteiger partial charge on any atom is 0.353 e. The summed E-state index contributed by atoms with van der Waals surface area (Å²) in [5, 5.41) is 10.4. The van der Waals surface area contributed by atoms with Gasteiger partial charge in [-0.1, -0.05) is 17.4 Å². The molecule has 0 saturated carbocycles. The van der Waals surface area contributed by atoms with Crippen molar-refractivity contribution in [2.75, 3.05) is 0 Å². The molecule has 2 aromatic heterocycles. The number of nitrogens with zero attached hydrogens (tertiary/aromatic N) is 3. The van der Waals surface area contributed by atoms with Gasteiger partial charge in [0.25, 0.3) is 5.91 Å². The Labute approximate surface area is 143 Å². The molecule has 1 aromatic carbocycles. The van der Waals surface area contributed by atoms with Crippen molar-refractivity contribution < 1.29 is 14.7 Å². The van der Waals surface area contributed by atoms with Crippen LogP contribution < -0.4 is 0 Å². The van der Waals surface area contributed by atoms with Gasteiger partial charge in [0.05, 0.1) is 15.8 Å². The third-order valence-corrected chi connectivity index (χ3v) is 6.26. The maximum atomic E-state index is 12.3. The molecule has 0 bridgehead atoms. The number of carboxylic acid groups (broad SMARTS) is 1.